The number of halogens is 1. The molecule has 0 spiro atoms. The number of nitrogens with zero attached hydrogens (tertiary/aromatic N) is 3. The van der Waals surface area contributed by atoms with Crippen LogP contribution in [0, 0.1) is 5.92 Å². The number of hydrogen-bond acceptors (Lipinski definition) is 4. The second-order valence-electron chi connectivity index (χ2n) is 4.96. The van der Waals surface area contributed by atoms with Crippen molar-refractivity contribution in [3.8, 4) is 0 Å². The van der Waals surface area contributed by atoms with E-state index < -0.39 is 0 Å². The van der Waals surface area contributed by atoms with Gasteiger partial charge >= 0.3 is 0 Å². The molecular formula is C12H16ClN3O. The smallest absolute Gasteiger partial charge is 0.135 e. The lowest BCUT2D eigenvalue weighted by Crippen LogP contribution is -2.22. The number of aliphatic hydroxyl groups is 1. The first-order chi connectivity index (χ1) is 8.26. The summed E-state index contributed by atoms with van der Waals surface area (Å²) in [5.41, 5.74) is 0. The SMILES string of the molecule is OC[C@@H]1CCN(c2cc(Cl)nc(C3CC3)n2)C1. The van der Waals surface area contributed by atoms with Gasteiger partial charge in [0.2, 0.25) is 0 Å². The maximum absolute atomic E-state index is 9.15. The minimum Gasteiger partial charge on any atom is -0.396 e. The standard InChI is InChI=1S/C12H16ClN3O/c13-10-5-11(15-12(14-10)9-1-2-9)16-4-3-8(6-16)7-17/h5,8-9,17H,1-4,6-7H2/t8-/m1/s1. The van der Waals surface area contributed by atoms with Crippen LogP contribution in [0.15, 0.2) is 6.07 Å². The van der Waals surface area contributed by atoms with Gasteiger partial charge in [-0.3, -0.25) is 0 Å². The molecule has 4 nitrogen and oxygen atoms in total. The van der Waals surface area contributed by atoms with Crippen molar-refractivity contribution in [2.24, 2.45) is 5.92 Å². The van der Waals surface area contributed by atoms with Crippen LogP contribution in [-0.4, -0.2) is 34.8 Å². The molecule has 3 rings (SSSR count). The van der Waals surface area contributed by atoms with Gasteiger partial charge in [-0.25, -0.2) is 9.97 Å². The van der Waals surface area contributed by atoms with E-state index in [0.29, 0.717) is 17.0 Å². The van der Waals surface area contributed by atoms with Gasteiger partial charge in [-0.2, -0.15) is 0 Å². The summed E-state index contributed by atoms with van der Waals surface area (Å²) in [5, 5.41) is 9.68. The third-order valence-electron chi connectivity index (χ3n) is 3.51. The molecule has 0 radical (unpaired) electrons. The van der Waals surface area contributed by atoms with Gasteiger partial charge in [-0.05, 0) is 19.3 Å². The van der Waals surface area contributed by atoms with Gasteiger partial charge in [-0.1, -0.05) is 11.6 Å². The third-order valence-corrected chi connectivity index (χ3v) is 3.70. The van der Waals surface area contributed by atoms with Crippen LogP contribution in [0.1, 0.15) is 31.0 Å². The Hall–Kier alpha value is -0.870. The average Bonchev–Trinajstić information content (AvgIpc) is 3.06. The Kier molecular flexibility index (Phi) is 2.92. The van der Waals surface area contributed by atoms with E-state index >= 15 is 0 Å². The van der Waals surface area contributed by atoms with E-state index in [-0.39, 0.29) is 6.61 Å². The van der Waals surface area contributed by atoms with Gasteiger partial charge in [0, 0.05) is 37.6 Å². The Balaban J connectivity index is 1.82. The molecule has 1 aromatic rings. The fourth-order valence-electron chi connectivity index (χ4n) is 2.30. The van der Waals surface area contributed by atoms with Crippen LogP contribution in [0.3, 0.4) is 0 Å². The van der Waals surface area contributed by atoms with E-state index in [4.69, 9.17) is 16.7 Å². The van der Waals surface area contributed by atoms with E-state index in [9.17, 15) is 0 Å². The van der Waals surface area contributed by atoms with E-state index in [0.717, 1.165) is 31.2 Å². The molecule has 0 aromatic carbocycles. The summed E-state index contributed by atoms with van der Waals surface area (Å²) in [7, 11) is 0. The zero-order valence-corrected chi connectivity index (χ0v) is 10.4. The second-order valence-corrected chi connectivity index (χ2v) is 5.35. The van der Waals surface area contributed by atoms with Gasteiger partial charge in [0.05, 0.1) is 0 Å². The van der Waals surface area contributed by atoms with E-state index in [1.54, 1.807) is 0 Å². The Morgan fingerprint density at radius 1 is 1.35 bits per heavy atom. The summed E-state index contributed by atoms with van der Waals surface area (Å²) in [6.45, 7) is 2.07. The van der Waals surface area contributed by atoms with E-state index in [1.165, 1.54) is 12.8 Å². The van der Waals surface area contributed by atoms with Gasteiger partial charge in [-0.15, -0.1) is 0 Å². The quantitative estimate of drug-likeness (QED) is 0.835. The Bertz CT molecular complexity index is 422. The fourth-order valence-corrected chi connectivity index (χ4v) is 2.48. The summed E-state index contributed by atoms with van der Waals surface area (Å²) in [6.07, 6.45) is 3.38. The number of hydrogen-bond donors (Lipinski definition) is 1. The van der Waals surface area contributed by atoms with E-state index in [2.05, 4.69) is 14.9 Å². The molecule has 1 saturated carbocycles. The van der Waals surface area contributed by atoms with Gasteiger partial charge in [0.25, 0.3) is 0 Å². The molecule has 0 amide bonds. The van der Waals surface area contributed by atoms with Crippen molar-refractivity contribution in [3.63, 3.8) is 0 Å². The molecule has 1 atom stereocenters. The van der Waals surface area contributed by atoms with Gasteiger partial charge in [0.15, 0.2) is 0 Å². The maximum atomic E-state index is 9.15. The van der Waals surface area contributed by atoms with Crippen LogP contribution in [0.4, 0.5) is 5.82 Å². The lowest BCUT2D eigenvalue weighted by molar-refractivity contribution is 0.238. The van der Waals surface area contributed by atoms with Crippen molar-refractivity contribution < 1.29 is 5.11 Å². The average molecular weight is 254 g/mol. The Morgan fingerprint density at radius 2 is 2.18 bits per heavy atom. The number of rotatable bonds is 3. The summed E-state index contributed by atoms with van der Waals surface area (Å²) in [5.74, 6) is 2.69. The first-order valence-corrected chi connectivity index (χ1v) is 6.54. The predicted octanol–water partition coefficient (Wildman–Crippen LogP) is 1.83. The number of anilines is 1. The summed E-state index contributed by atoms with van der Waals surface area (Å²) in [6, 6.07) is 1.83. The predicted molar refractivity (Wildman–Crippen MR) is 66.4 cm³/mol. The molecule has 0 bridgehead atoms. The van der Waals surface area contributed by atoms with E-state index in [1.807, 2.05) is 6.07 Å². The first-order valence-electron chi connectivity index (χ1n) is 6.16. The molecule has 1 aliphatic heterocycles. The third kappa shape index (κ3) is 2.38. The van der Waals surface area contributed by atoms with Crippen LogP contribution in [0.2, 0.25) is 5.15 Å². The molecular weight excluding hydrogens is 238 g/mol. The molecule has 2 heterocycles. The molecule has 1 saturated heterocycles. The summed E-state index contributed by atoms with van der Waals surface area (Å²) < 4.78 is 0. The number of aliphatic hydroxyl groups excluding tert-OH is 1. The van der Waals surface area contributed by atoms with Crippen LogP contribution >= 0.6 is 11.6 Å². The zero-order chi connectivity index (χ0) is 11.8. The monoisotopic (exact) mass is 253 g/mol. The molecule has 92 valence electrons. The molecule has 1 aliphatic carbocycles. The highest BCUT2D eigenvalue weighted by Gasteiger charge is 2.29. The molecule has 2 aliphatic rings. The lowest BCUT2D eigenvalue weighted by atomic mass is 10.1. The Morgan fingerprint density at radius 3 is 2.82 bits per heavy atom. The highest BCUT2D eigenvalue weighted by Crippen LogP contribution is 2.39. The normalized spacial score (nSPS) is 24.4. The van der Waals surface area contributed by atoms with Crippen molar-refractivity contribution >= 4 is 17.4 Å². The highest BCUT2D eigenvalue weighted by molar-refractivity contribution is 6.29. The zero-order valence-electron chi connectivity index (χ0n) is 9.64. The maximum Gasteiger partial charge on any atom is 0.135 e. The largest absolute Gasteiger partial charge is 0.396 e. The molecule has 1 aromatic heterocycles. The topological polar surface area (TPSA) is 49.2 Å². The highest BCUT2D eigenvalue weighted by atomic mass is 35.5. The van der Waals surface area contributed by atoms with Crippen molar-refractivity contribution in [2.45, 2.75) is 25.2 Å². The van der Waals surface area contributed by atoms with Crippen LogP contribution in [0.25, 0.3) is 0 Å². The minimum absolute atomic E-state index is 0.255. The lowest BCUT2D eigenvalue weighted by Gasteiger charge is -2.17. The Labute approximate surface area is 106 Å². The molecule has 1 N–H and O–H groups in total. The molecule has 17 heavy (non-hydrogen) atoms. The van der Waals surface area contributed by atoms with Crippen LogP contribution in [-0.2, 0) is 0 Å². The van der Waals surface area contributed by atoms with Crippen molar-refractivity contribution in [1.29, 1.82) is 0 Å². The fraction of sp³-hybridized carbons (Fsp3) is 0.667. The minimum atomic E-state index is 0.255. The van der Waals surface area contributed by atoms with Gasteiger partial charge < -0.3 is 10.0 Å². The molecule has 5 heteroatoms. The molecule has 0 unspecified atom stereocenters. The number of aromatic nitrogens is 2. The van der Waals surface area contributed by atoms with Gasteiger partial charge in [0.1, 0.15) is 16.8 Å². The van der Waals surface area contributed by atoms with Crippen molar-refractivity contribution in [2.75, 3.05) is 24.6 Å². The van der Waals surface area contributed by atoms with Crippen molar-refractivity contribution in [3.05, 3.63) is 17.0 Å². The molecule has 2 fully saturated rings. The van der Waals surface area contributed by atoms with Crippen LogP contribution < -0.4 is 4.90 Å². The summed E-state index contributed by atoms with van der Waals surface area (Å²) in [4.78, 5) is 11.1. The first kappa shape index (κ1) is 11.2. The van der Waals surface area contributed by atoms with Crippen LogP contribution in [0.5, 0.6) is 0 Å². The van der Waals surface area contributed by atoms with Crippen molar-refractivity contribution in [1.82, 2.24) is 9.97 Å². The second kappa shape index (κ2) is 4.42. The summed E-state index contributed by atoms with van der Waals surface area (Å²) >= 11 is 6.04.